The Morgan fingerprint density at radius 2 is 1.46 bits per heavy atom. The van der Waals surface area contributed by atoms with Crippen LogP contribution in [0.2, 0.25) is 0 Å². The molecule has 7 atom stereocenters. The van der Waals surface area contributed by atoms with Crippen LogP contribution in [0, 0.1) is 0 Å². The van der Waals surface area contributed by atoms with Crippen molar-refractivity contribution in [3.63, 3.8) is 0 Å². The minimum atomic E-state index is -5.00. The van der Waals surface area contributed by atoms with E-state index in [2.05, 4.69) is 24.9 Å². The van der Waals surface area contributed by atoms with E-state index in [1.54, 1.807) is 48.5 Å². The number of nitrogens with zero attached hydrogens (tertiary/aromatic N) is 6. The molecule has 0 bridgehead atoms. The molecule has 2 aliphatic rings. The predicted molar refractivity (Wildman–Crippen MR) is 183 cm³/mol. The third kappa shape index (κ3) is 8.05. The first-order chi connectivity index (χ1) is 25.9. The van der Waals surface area contributed by atoms with Crippen molar-refractivity contribution in [2.24, 2.45) is 0 Å². The number of nitrogens with two attached hydrogens (primary N) is 2. The molecule has 21 nitrogen and oxygen atoms in total. The van der Waals surface area contributed by atoms with Crippen molar-refractivity contribution in [3.05, 3.63) is 105 Å². The molecule has 0 aliphatic carbocycles. The van der Waals surface area contributed by atoms with Crippen molar-refractivity contribution in [2.75, 3.05) is 24.7 Å². The number of fused-ring (bicyclic) bond motifs is 1. The van der Waals surface area contributed by atoms with Gasteiger partial charge in [0.25, 0.3) is 5.56 Å². The number of rotatable bonds is 12. The Bertz CT molecular complexity index is 2320. The van der Waals surface area contributed by atoms with Crippen molar-refractivity contribution in [2.45, 2.75) is 49.7 Å². The second-order valence-corrected chi connectivity index (χ2v) is 13.5. The number of aromatic amines is 1. The zero-order valence-electron chi connectivity index (χ0n) is 27.9. The SMILES string of the molecule is Nc1ncn([C@H]2CC(OC(=O)c3ccccc3)[C@@H](COP(=O)(O)OC3C[C@H](n4cnc5c(=O)[nH]c(N)nc54)O[C@@H]3COC(=O)c3ccccc3)O2)c(=O)n1. The van der Waals surface area contributed by atoms with Gasteiger partial charge in [0.2, 0.25) is 11.9 Å². The Kier molecular flexibility index (Phi) is 10.3. The molecule has 7 rings (SSSR count). The van der Waals surface area contributed by atoms with E-state index >= 15 is 0 Å². The van der Waals surface area contributed by atoms with E-state index in [9.17, 15) is 28.6 Å². The van der Waals surface area contributed by atoms with Crippen LogP contribution in [-0.4, -0.2) is 88.5 Å². The quantitative estimate of drug-likeness (QED) is 0.102. The van der Waals surface area contributed by atoms with Gasteiger partial charge in [-0.2, -0.15) is 9.97 Å². The monoisotopic (exact) mass is 765 g/mol. The zero-order chi connectivity index (χ0) is 38.0. The number of anilines is 2. The molecule has 2 saturated heterocycles. The molecule has 5 heterocycles. The largest absolute Gasteiger partial charge is 0.472 e. The van der Waals surface area contributed by atoms with Crippen molar-refractivity contribution >= 4 is 42.8 Å². The Morgan fingerprint density at radius 3 is 2.15 bits per heavy atom. The van der Waals surface area contributed by atoms with Gasteiger partial charge in [-0.05, 0) is 24.3 Å². The van der Waals surface area contributed by atoms with Crippen LogP contribution >= 0.6 is 7.82 Å². The summed E-state index contributed by atoms with van der Waals surface area (Å²) in [5.41, 5.74) is 10.4. The van der Waals surface area contributed by atoms with Gasteiger partial charge in [-0.25, -0.2) is 28.9 Å². The molecule has 5 aromatic rings. The van der Waals surface area contributed by atoms with Gasteiger partial charge in [-0.15, -0.1) is 0 Å². The van der Waals surface area contributed by atoms with Crippen LogP contribution in [0.5, 0.6) is 0 Å². The summed E-state index contributed by atoms with van der Waals surface area (Å²) in [7, 11) is -5.00. The van der Waals surface area contributed by atoms with E-state index in [1.165, 1.54) is 23.0 Å². The van der Waals surface area contributed by atoms with Gasteiger partial charge in [0.05, 0.1) is 24.1 Å². The molecule has 2 fully saturated rings. The highest BCUT2D eigenvalue weighted by atomic mass is 31.2. The van der Waals surface area contributed by atoms with Crippen molar-refractivity contribution < 1.29 is 47.0 Å². The number of phosphoric ester groups is 1. The molecule has 3 aromatic heterocycles. The van der Waals surface area contributed by atoms with Crippen LogP contribution in [0.25, 0.3) is 11.2 Å². The molecule has 22 heteroatoms. The van der Waals surface area contributed by atoms with E-state index in [0.29, 0.717) is 0 Å². The number of benzene rings is 2. The van der Waals surface area contributed by atoms with Crippen molar-refractivity contribution in [3.8, 4) is 0 Å². The Labute approximate surface area is 303 Å². The fraction of sp³-hybridized carbons (Fsp3) is 0.312. The Morgan fingerprint density at radius 1 is 0.852 bits per heavy atom. The highest BCUT2D eigenvalue weighted by Crippen LogP contribution is 2.49. The summed E-state index contributed by atoms with van der Waals surface area (Å²) in [6.45, 7) is -1.06. The number of carbonyl (C=O) groups excluding carboxylic acids is 2. The number of H-pyrrole nitrogens is 1. The van der Waals surface area contributed by atoms with Crippen LogP contribution in [0.4, 0.5) is 11.9 Å². The molecule has 3 unspecified atom stereocenters. The van der Waals surface area contributed by atoms with Gasteiger partial charge in [-0.3, -0.25) is 28.0 Å². The minimum absolute atomic E-state index is 0.0365. The van der Waals surface area contributed by atoms with Crippen molar-refractivity contribution in [1.82, 2.24) is 34.1 Å². The topological polar surface area (TPSA) is 290 Å². The van der Waals surface area contributed by atoms with E-state index in [-0.39, 0.29) is 47.0 Å². The molecule has 0 saturated carbocycles. The van der Waals surface area contributed by atoms with Crippen molar-refractivity contribution in [1.29, 1.82) is 0 Å². The first-order valence-electron chi connectivity index (χ1n) is 16.3. The van der Waals surface area contributed by atoms with Gasteiger partial charge in [0, 0.05) is 12.8 Å². The zero-order valence-corrected chi connectivity index (χ0v) is 28.8. The maximum atomic E-state index is 13.5. The average Bonchev–Trinajstić information content (AvgIpc) is 3.87. The average molecular weight is 766 g/mol. The molecule has 54 heavy (non-hydrogen) atoms. The molecule has 282 valence electrons. The summed E-state index contributed by atoms with van der Waals surface area (Å²) >= 11 is 0. The summed E-state index contributed by atoms with van der Waals surface area (Å²) in [4.78, 5) is 79.6. The van der Waals surface area contributed by atoms with Gasteiger partial charge in [-0.1, -0.05) is 36.4 Å². The number of hydrogen-bond donors (Lipinski definition) is 4. The van der Waals surface area contributed by atoms with Gasteiger partial charge in [0.15, 0.2) is 11.2 Å². The predicted octanol–water partition coefficient (Wildman–Crippen LogP) is 1.10. The molecule has 0 spiro atoms. The lowest BCUT2D eigenvalue weighted by atomic mass is 10.1. The molecule has 2 aliphatic heterocycles. The van der Waals surface area contributed by atoms with Gasteiger partial charge in [0.1, 0.15) is 49.8 Å². The number of nitrogen functional groups attached to an aromatic ring is 2. The summed E-state index contributed by atoms with van der Waals surface area (Å²) in [5, 5.41) is 0. The summed E-state index contributed by atoms with van der Waals surface area (Å²) < 4.78 is 50.1. The van der Waals surface area contributed by atoms with E-state index in [1.807, 2.05) is 0 Å². The highest BCUT2D eigenvalue weighted by Gasteiger charge is 2.45. The molecular weight excluding hydrogens is 733 g/mol. The van der Waals surface area contributed by atoms with E-state index in [0.717, 1.165) is 10.9 Å². The smallest absolute Gasteiger partial charge is 0.459 e. The van der Waals surface area contributed by atoms with E-state index < -0.39 is 81.1 Å². The van der Waals surface area contributed by atoms with E-state index in [4.69, 9.17) is 39.5 Å². The number of hydrogen-bond acceptors (Lipinski definition) is 17. The number of imidazole rings is 1. The summed E-state index contributed by atoms with van der Waals surface area (Å²) in [5.74, 6) is -1.85. The highest BCUT2D eigenvalue weighted by molar-refractivity contribution is 7.47. The van der Waals surface area contributed by atoms with Gasteiger partial charge < -0.3 is 35.3 Å². The molecule has 0 amide bonds. The third-order valence-corrected chi connectivity index (χ3v) is 9.52. The second-order valence-electron chi connectivity index (χ2n) is 12.1. The Balaban J connectivity index is 1.08. The third-order valence-electron chi connectivity index (χ3n) is 8.50. The molecule has 6 N–H and O–H groups in total. The molecular formula is C32H32N9O12P. The number of ether oxygens (including phenoxy) is 4. The van der Waals surface area contributed by atoms with Gasteiger partial charge >= 0.3 is 25.5 Å². The number of phosphoric acid groups is 1. The first kappa shape index (κ1) is 36.5. The minimum Gasteiger partial charge on any atom is -0.459 e. The lowest BCUT2D eigenvalue weighted by Crippen LogP contribution is -2.32. The number of esters is 2. The standard InChI is InChI=1S/C32H32N9O12P/c33-30-36-16-41(32(45)39-30)24-11-19(52-29(44)18-9-5-2-6-10-18)22(51-24)14-49-54(46,47)53-20-12-23(40-15-35-25-26(40)37-31(34)38-27(25)42)50-21(20)13-48-28(43)17-7-3-1-4-8-17/h1-10,15-16,19-24H,11-14H2,(H,46,47)(H2,33,39,45)(H3,34,37,38,42)/t19?,20?,21-,22-,23-,24-/m1/s1. The molecule has 2 aromatic carbocycles. The normalized spacial score (nSPS) is 23.6. The van der Waals surface area contributed by atoms with Crippen LogP contribution in [0.3, 0.4) is 0 Å². The Hall–Kier alpha value is -5.83. The first-order valence-corrected chi connectivity index (χ1v) is 17.8. The maximum absolute atomic E-state index is 13.5. The fourth-order valence-electron chi connectivity index (χ4n) is 5.95. The van der Waals surface area contributed by atoms with Crippen LogP contribution in [0.15, 0.2) is 82.9 Å². The second kappa shape index (κ2) is 15.3. The van der Waals surface area contributed by atoms with Crippen LogP contribution in [-0.2, 0) is 32.6 Å². The van der Waals surface area contributed by atoms with Crippen LogP contribution < -0.4 is 22.7 Å². The number of nitrogens with one attached hydrogen (secondary N) is 1. The number of aromatic nitrogens is 7. The summed E-state index contributed by atoms with van der Waals surface area (Å²) in [6, 6.07) is 16.2. The van der Waals surface area contributed by atoms with Crippen LogP contribution in [0.1, 0.15) is 46.0 Å². The molecule has 0 radical (unpaired) electrons. The number of carbonyl (C=O) groups is 2. The fourth-order valence-corrected chi connectivity index (χ4v) is 6.91. The maximum Gasteiger partial charge on any atom is 0.472 e. The summed E-state index contributed by atoms with van der Waals surface area (Å²) in [6.07, 6.45) is -4.48. The lowest BCUT2D eigenvalue weighted by Gasteiger charge is -2.23. The lowest BCUT2D eigenvalue weighted by molar-refractivity contribution is -0.0621.